The van der Waals surface area contributed by atoms with Crippen LogP contribution in [0, 0.1) is 28.6 Å². The van der Waals surface area contributed by atoms with Crippen molar-refractivity contribution in [1.82, 2.24) is 0 Å². The normalized spacial score (nSPS) is 42.1. The van der Waals surface area contributed by atoms with Gasteiger partial charge in [-0.25, -0.2) is 0 Å². The molecule has 4 heteroatoms. The Morgan fingerprint density at radius 1 is 0.875 bits per heavy atom. The van der Waals surface area contributed by atoms with Gasteiger partial charge in [-0.2, -0.15) is 0 Å². The highest BCUT2D eigenvalue weighted by molar-refractivity contribution is 6.77. The summed E-state index contributed by atoms with van der Waals surface area (Å²) < 4.78 is 13.7. The van der Waals surface area contributed by atoms with Crippen LogP contribution in [0.4, 0.5) is 0 Å². The van der Waals surface area contributed by atoms with Crippen LogP contribution in [0.3, 0.4) is 0 Å². The van der Waals surface area contributed by atoms with Crippen molar-refractivity contribution in [3.8, 4) is 0 Å². The highest BCUT2D eigenvalue weighted by atomic mass is 28.4. The summed E-state index contributed by atoms with van der Waals surface area (Å²) in [6.07, 6.45) is 10.2. The topological polar surface area (TPSA) is 30.8 Å². The van der Waals surface area contributed by atoms with Crippen molar-refractivity contribution in [3.05, 3.63) is 0 Å². The lowest BCUT2D eigenvalue weighted by Crippen LogP contribution is -2.61. The zero-order valence-electron chi connectivity index (χ0n) is 22.6. The lowest BCUT2D eigenvalue weighted by atomic mass is 9.50. The van der Waals surface area contributed by atoms with E-state index in [0.717, 1.165) is 37.1 Å². The first-order chi connectivity index (χ1) is 14.9. The van der Waals surface area contributed by atoms with Crippen LogP contribution < -0.4 is 0 Å². The van der Waals surface area contributed by atoms with Gasteiger partial charge >= 0.3 is 0 Å². The maximum atomic E-state index is 7.35. The Labute approximate surface area is 199 Å². The molecule has 0 radical (unpaired) electrons. The molecule has 184 valence electrons. The van der Waals surface area contributed by atoms with E-state index < -0.39 is 14.1 Å². The van der Waals surface area contributed by atoms with Crippen molar-refractivity contribution in [2.75, 3.05) is 13.7 Å². The van der Waals surface area contributed by atoms with Crippen LogP contribution in [0.2, 0.25) is 16.6 Å². The number of methoxy groups -OCH3 is 1. The second-order valence-corrected chi connectivity index (χ2v) is 18.8. The maximum Gasteiger partial charge on any atom is 0.204 e. The zero-order chi connectivity index (χ0) is 23.5. The van der Waals surface area contributed by atoms with Crippen LogP contribution >= 0.6 is 0 Å². The van der Waals surface area contributed by atoms with Gasteiger partial charge in [-0.3, -0.25) is 4.99 Å². The average Bonchev–Trinajstić information content (AvgIpc) is 3.13. The molecule has 3 fully saturated rings. The monoisotopic (exact) mass is 461 g/mol. The van der Waals surface area contributed by atoms with Gasteiger partial charge in [-0.15, -0.1) is 0 Å². The molecule has 4 aliphatic rings. The van der Waals surface area contributed by atoms with Crippen LogP contribution in [-0.2, 0) is 9.16 Å². The number of nitrogens with zero attached hydrogens (tertiary/aromatic N) is 1. The molecule has 0 unspecified atom stereocenters. The van der Waals surface area contributed by atoms with Gasteiger partial charge in [0.2, 0.25) is 8.32 Å². The summed E-state index contributed by atoms with van der Waals surface area (Å²) in [5, 5.41) is 0. The third-order valence-electron chi connectivity index (χ3n) is 11.1. The number of aliphatic imine (C=N–C) groups is 1. The number of hydrogen-bond acceptors (Lipinski definition) is 3. The van der Waals surface area contributed by atoms with Gasteiger partial charge < -0.3 is 9.16 Å². The van der Waals surface area contributed by atoms with E-state index in [0.29, 0.717) is 22.0 Å². The Morgan fingerprint density at radius 3 is 2.12 bits per heavy atom. The van der Waals surface area contributed by atoms with Crippen LogP contribution in [-0.4, -0.2) is 33.5 Å². The fourth-order valence-electron chi connectivity index (χ4n) is 9.30. The highest BCUT2D eigenvalue weighted by Crippen LogP contribution is 2.63. The lowest BCUT2D eigenvalue weighted by molar-refractivity contribution is -0.188. The summed E-state index contributed by atoms with van der Waals surface area (Å²) in [5.41, 5.74) is 3.97. The molecule has 1 heterocycles. The number of fused-ring (bicyclic) bond motifs is 5. The lowest BCUT2D eigenvalue weighted by Gasteiger charge is -2.59. The Kier molecular flexibility index (Phi) is 6.60. The molecule has 4 rings (SSSR count). The van der Waals surface area contributed by atoms with Crippen molar-refractivity contribution in [1.29, 1.82) is 0 Å². The highest BCUT2D eigenvalue weighted by Gasteiger charge is 2.60. The first-order valence-electron chi connectivity index (χ1n) is 13.7. The summed E-state index contributed by atoms with van der Waals surface area (Å²) in [4.78, 5) is 5.38. The minimum atomic E-state index is -2.03. The van der Waals surface area contributed by atoms with Gasteiger partial charge in [0, 0.05) is 37.6 Å². The van der Waals surface area contributed by atoms with Crippen LogP contribution in [0.25, 0.3) is 0 Å². The molecule has 1 aliphatic heterocycles. The molecule has 0 aromatic carbocycles. The first-order valence-corrected chi connectivity index (χ1v) is 15.9. The van der Waals surface area contributed by atoms with Gasteiger partial charge in [0.15, 0.2) is 5.79 Å². The Bertz CT molecular complexity index is 711. The Hall–Kier alpha value is -0.193. The predicted molar refractivity (Wildman–Crippen MR) is 138 cm³/mol. The molecular weight excluding hydrogens is 410 g/mol. The molecule has 3 nitrogen and oxygen atoms in total. The molecule has 0 bridgehead atoms. The summed E-state index contributed by atoms with van der Waals surface area (Å²) in [6, 6.07) is 0. The zero-order valence-corrected chi connectivity index (χ0v) is 23.6. The Morgan fingerprint density at radius 2 is 1.53 bits per heavy atom. The molecule has 0 N–H and O–H groups in total. The van der Waals surface area contributed by atoms with E-state index in [1.54, 1.807) is 0 Å². The van der Waals surface area contributed by atoms with Crippen molar-refractivity contribution >= 4 is 14.0 Å². The molecule has 6 atom stereocenters. The fraction of sp³-hybridized carbons (Fsp3) is 0.964. The number of ether oxygens (including phenoxy) is 1. The molecular formula is C28H51NO2Si. The third kappa shape index (κ3) is 3.61. The van der Waals surface area contributed by atoms with Gasteiger partial charge in [0.1, 0.15) is 0 Å². The molecule has 0 aromatic heterocycles. The summed E-state index contributed by atoms with van der Waals surface area (Å²) in [5.74, 6) is 2.03. The molecule has 0 aromatic rings. The fourth-order valence-corrected chi connectivity index (χ4v) is 14.9. The SMILES string of the molecule is CO[C@]1(O[Si](C(C)C)(C(C)C)C(C)C)CC[C@@]2(C)C(=NC[C@H]3[C@@H]4CCC[C@@]4(C)CC[C@@H]32)C1. The average molecular weight is 462 g/mol. The van der Waals surface area contributed by atoms with Crippen LogP contribution in [0.5, 0.6) is 0 Å². The van der Waals surface area contributed by atoms with Gasteiger partial charge in [0.25, 0.3) is 0 Å². The molecule has 3 aliphatic carbocycles. The molecule has 3 saturated carbocycles. The van der Waals surface area contributed by atoms with E-state index in [2.05, 4.69) is 55.4 Å². The van der Waals surface area contributed by atoms with Gasteiger partial charge in [-0.05, 0) is 71.9 Å². The predicted octanol–water partition coefficient (Wildman–Crippen LogP) is 8.00. The van der Waals surface area contributed by atoms with Gasteiger partial charge in [0.05, 0.1) is 0 Å². The van der Waals surface area contributed by atoms with Crippen LogP contribution in [0.15, 0.2) is 4.99 Å². The van der Waals surface area contributed by atoms with E-state index in [-0.39, 0.29) is 5.41 Å². The van der Waals surface area contributed by atoms with E-state index in [1.165, 1.54) is 44.2 Å². The summed E-state index contributed by atoms with van der Waals surface area (Å²) in [7, 11) is -0.143. The standard InChI is InChI=1S/C28H51NO2Si/c1-19(2)32(20(3)4,21(5)6)31-28(30-9)16-15-27(8)24-12-14-26(7)13-10-11-23(26)22(24)18-29-25(27)17-28/h19-24H,10-18H2,1-9H3/t22-,23-,24-,26-,27+,28-/m0/s1. The first kappa shape index (κ1) is 24.9. The minimum Gasteiger partial charge on any atom is -0.389 e. The number of hydrogen-bond donors (Lipinski definition) is 0. The number of rotatable bonds is 6. The Balaban J connectivity index is 1.63. The summed E-state index contributed by atoms with van der Waals surface area (Å²) >= 11 is 0. The summed E-state index contributed by atoms with van der Waals surface area (Å²) in [6.45, 7) is 20.5. The third-order valence-corrected chi connectivity index (χ3v) is 17.2. The second-order valence-electron chi connectivity index (χ2n) is 13.4. The largest absolute Gasteiger partial charge is 0.389 e. The van der Waals surface area contributed by atoms with E-state index >= 15 is 0 Å². The minimum absolute atomic E-state index is 0.246. The van der Waals surface area contributed by atoms with E-state index in [4.69, 9.17) is 14.2 Å². The second kappa shape index (κ2) is 8.48. The van der Waals surface area contributed by atoms with Gasteiger partial charge in [-0.1, -0.05) is 61.8 Å². The molecule has 0 saturated heterocycles. The van der Waals surface area contributed by atoms with Crippen molar-refractivity contribution in [3.63, 3.8) is 0 Å². The van der Waals surface area contributed by atoms with Crippen molar-refractivity contribution in [2.24, 2.45) is 33.6 Å². The van der Waals surface area contributed by atoms with Crippen molar-refractivity contribution < 1.29 is 9.16 Å². The molecule has 32 heavy (non-hydrogen) atoms. The van der Waals surface area contributed by atoms with Crippen LogP contribution in [0.1, 0.15) is 107 Å². The molecule has 0 spiro atoms. The van der Waals surface area contributed by atoms with E-state index in [1.807, 2.05) is 7.11 Å². The molecule has 0 amide bonds. The van der Waals surface area contributed by atoms with Crippen molar-refractivity contribution in [2.45, 2.75) is 129 Å². The smallest absolute Gasteiger partial charge is 0.204 e. The maximum absolute atomic E-state index is 7.35. The van der Waals surface area contributed by atoms with E-state index in [9.17, 15) is 0 Å². The quantitative estimate of drug-likeness (QED) is 0.296.